The van der Waals surface area contributed by atoms with Gasteiger partial charge in [-0.3, -0.25) is 15.0 Å². The second-order valence-corrected chi connectivity index (χ2v) is 7.08. The molecule has 4 rings (SSSR count). The molecule has 0 aliphatic carbocycles. The van der Waals surface area contributed by atoms with Crippen molar-refractivity contribution < 1.29 is 14.0 Å². The van der Waals surface area contributed by atoms with Crippen LogP contribution in [0.3, 0.4) is 0 Å². The smallest absolute Gasteiger partial charge is 0.282 e. The van der Waals surface area contributed by atoms with Gasteiger partial charge in [-0.15, -0.1) is 0 Å². The number of carbonyl (C=O) groups is 2. The van der Waals surface area contributed by atoms with Crippen molar-refractivity contribution in [2.75, 3.05) is 5.01 Å². The number of hydrazine groups is 1. The second kappa shape index (κ2) is 7.19. The van der Waals surface area contributed by atoms with E-state index in [4.69, 9.17) is 27.6 Å². The summed E-state index contributed by atoms with van der Waals surface area (Å²) in [7, 11) is 0. The highest BCUT2D eigenvalue weighted by molar-refractivity contribution is 6.33. The molecule has 140 valence electrons. The first-order valence-electron chi connectivity index (χ1n) is 8.42. The molecule has 5 nitrogen and oxygen atoms in total. The molecular formula is C21H14Cl2N2O3. The zero-order chi connectivity index (χ0) is 19.8. The summed E-state index contributed by atoms with van der Waals surface area (Å²) in [5, 5.41) is 2.26. The number of benzene rings is 2. The monoisotopic (exact) mass is 412 g/mol. The van der Waals surface area contributed by atoms with Crippen LogP contribution in [0.1, 0.15) is 11.3 Å². The Bertz CT molecular complexity index is 1130. The van der Waals surface area contributed by atoms with Gasteiger partial charge in [0.1, 0.15) is 17.1 Å². The normalized spacial score (nSPS) is 15.4. The van der Waals surface area contributed by atoms with Gasteiger partial charge in [-0.25, -0.2) is 5.01 Å². The van der Waals surface area contributed by atoms with Crippen LogP contribution in [-0.4, -0.2) is 11.8 Å². The third kappa shape index (κ3) is 3.30. The van der Waals surface area contributed by atoms with E-state index >= 15 is 0 Å². The van der Waals surface area contributed by atoms with Crippen molar-refractivity contribution in [1.29, 1.82) is 0 Å². The van der Waals surface area contributed by atoms with Crippen LogP contribution >= 0.6 is 23.2 Å². The van der Waals surface area contributed by atoms with Crippen molar-refractivity contribution in [1.82, 2.24) is 5.43 Å². The lowest BCUT2D eigenvalue weighted by molar-refractivity contribution is -0.117. The first-order chi connectivity index (χ1) is 13.4. The van der Waals surface area contributed by atoms with E-state index in [0.29, 0.717) is 27.3 Å². The number of hydrogen-bond donors (Lipinski definition) is 1. The first-order valence-corrected chi connectivity index (χ1v) is 9.17. The van der Waals surface area contributed by atoms with Gasteiger partial charge in [-0.2, -0.15) is 0 Å². The molecule has 3 aromatic rings. The van der Waals surface area contributed by atoms with E-state index in [9.17, 15) is 9.59 Å². The Hall–Kier alpha value is -3.02. The molecule has 0 bridgehead atoms. The molecule has 2 heterocycles. The maximum atomic E-state index is 12.7. The minimum atomic E-state index is -0.512. The summed E-state index contributed by atoms with van der Waals surface area (Å²) in [6, 6.07) is 15.7. The van der Waals surface area contributed by atoms with Gasteiger partial charge >= 0.3 is 0 Å². The molecule has 1 fully saturated rings. The summed E-state index contributed by atoms with van der Waals surface area (Å²) in [5.41, 5.74) is 4.72. The third-order valence-corrected chi connectivity index (χ3v) is 5.05. The highest BCUT2D eigenvalue weighted by Crippen LogP contribution is 2.31. The third-order valence-electron chi connectivity index (χ3n) is 4.40. The standard InChI is InChI=1S/C21H14Cl2N2O3/c1-12-16(6-3-7-18(12)23)19-9-8-15(28-19)11-17-20(26)24-25(21(17)27)14-5-2-4-13(22)10-14/h2-11H,1H3,(H,24,26). The van der Waals surface area contributed by atoms with Crippen molar-refractivity contribution in [3.63, 3.8) is 0 Å². The lowest BCUT2D eigenvalue weighted by Crippen LogP contribution is -2.35. The summed E-state index contributed by atoms with van der Waals surface area (Å²) in [4.78, 5) is 25.0. The summed E-state index contributed by atoms with van der Waals surface area (Å²) < 4.78 is 5.82. The molecule has 1 aliphatic rings. The van der Waals surface area contributed by atoms with Crippen LogP contribution in [-0.2, 0) is 9.59 Å². The number of anilines is 1. The largest absolute Gasteiger partial charge is 0.457 e. The van der Waals surface area contributed by atoms with E-state index in [1.807, 2.05) is 19.1 Å². The number of carbonyl (C=O) groups excluding carboxylic acids is 2. The number of hydrogen-bond acceptors (Lipinski definition) is 3. The van der Waals surface area contributed by atoms with Crippen molar-refractivity contribution in [2.24, 2.45) is 0 Å². The van der Waals surface area contributed by atoms with Crippen LogP contribution in [0.15, 0.2) is 64.6 Å². The summed E-state index contributed by atoms with van der Waals surface area (Å²) in [5.74, 6) is -0.00349. The number of nitrogens with zero attached hydrogens (tertiary/aromatic N) is 1. The molecule has 2 aromatic carbocycles. The van der Waals surface area contributed by atoms with Gasteiger partial charge in [-0.05, 0) is 55.0 Å². The van der Waals surface area contributed by atoms with Gasteiger partial charge in [0.25, 0.3) is 11.8 Å². The zero-order valence-corrected chi connectivity index (χ0v) is 16.2. The van der Waals surface area contributed by atoms with Gasteiger partial charge in [0.05, 0.1) is 5.69 Å². The van der Waals surface area contributed by atoms with Gasteiger partial charge in [0, 0.05) is 15.6 Å². The molecule has 0 spiro atoms. The van der Waals surface area contributed by atoms with Crippen molar-refractivity contribution in [3.8, 4) is 11.3 Å². The Balaban J connectivity index is 1.64. The number of furan rings is 1. The van der Waals surface area contributed by atoms with Gasteiger partial charge < -0.3 is 4.42 Å². The van der Waals surface area contributed by atoms with E-state index in [0.717, 1.165) is 16.1 Å². The van der Waals surface area contributed by atoms with E-state index in [1.54, 1.807) is 42.5 Å². The van der Waals surface area contributed by atoms with Crippen LogP contribution in [0.4, 0.5) is 5.69 Å². The lowest BCUT2D eigenvalue weighted by atomic mass is 10.1. The summed E-state index contributed by atoms with van der Waals surface area (Å²) in [6.07, 6.45) is 1.42. The molecule has 7 heteroatoms. The van der Waals surface area contributed by atoms with Crippen LogP contribution in [0.2, 0.25) is 10.0 Å². The molecule has 2 amide bonds. The van der Waals surface area contributed by atoms with E-state index in [2.05, 4.69) is 5.43 Å². The van der Waals surface area contributed by atoms with E-state index < -0.39 is 11.8 Å². The Morgan fingerprint density at radius 2 is 1.82 bits per heavy atom. The second-order valence-electron chi connectivity index (χ2n) is 6.23. The molecule has 28 heavy (non-hydrogen) atoms. The zero-order valence-electron chi connectivity index (χ0n) is 14.7. The lowest BCUT2D eigenvalue weighted by Gasteiger charge is -2.14. The Morgan fingerprint density at radius 3 is 2.61 bits per heavy atom. The minimum absolute atomic E-state index is 0.0244. The Kier molecular flexibility index (Phi) is 4.71. The average Bonchev–Trinajstić information content (AvgIpc) is 3.24. The quantitative estimate of drug-likeness (QED) is 0.484. The van der Waals surface area contributed by atoms with E-state index in [-0.39, 0.29) is 5.57 Å². The van der Waals surface area contributed by atoms with Crippen LogP contribution in [0.5, 0.6) is 0 Å². The SMILES string of the molecule is Cc1c(Cl)cccc1-c1ccc(C=C2C(=O)NN(c3cccc(Cl)c3)C2=O)o1. The Morgan fingerprint density at radius 1 is 1.04 bits per heavy atom. The molecule has 0 atom stereocenters. The first kappa shape index (κ1) is 18.3. The molecule has 1 aromatic heterocycles. The Labute approximate surface area is 171 Å². The van der Waals surface area contributed by atoms with Crippen molar-refractivity contribution in [2.45, 2.75) is 6.92 Å². The summed E-state index contributed by atoms with van der Waals surface area (Å²) >= 11 is 12.1. The van der Waals surface area contributed by atoms with Gasteiger partial charge in [-0.1, -0.05) is 41.4 Å². The molecule has 0 radical (unpaired) electrons. The molecule has 0 unspecified atom stereocenters. The topological polar surface area (TPSA) is 62.6 Å². The van der Waals surface area contributed by atoms with Crippen LogP contribution in [0, 0.1) is 6.92 Å². The molecular weight excluding hydrogens is 399 g/mol. The molecule has 1 aliphatic heterocycles. The van der Waals surface area contributed by atoms with Crippen molar-refractivity contribution in [3.05, 3.63) is 81.5 Å². The predicted octanol–water partition coefficient (Wildman–Crippen LogP) is 5.02. The van der Waals surface area contributed by atoms with Crippen molar-refractivity contribution >= 4 is 46.8 Å². The maximum absolute atomic E-state index is 12.7. The fourth-order valence-electron chi connectivity index (χ4n) is 2.95. The minimum Gasteiger partial charge on any atom is -0.457 e. The molecule has 1 N–H and O–H groups in total. The molecule has 1 saturated heterocycles. The van der Waals surface area contributed by atoms with Gasteiger partial charge in [0.15, 0.2) is 0 Å². The fraction of sp³-hybridized carbons (Fsp3) is 0.0476. The number of rotatable bonds is 3. The summed E-state index contributed by atoms with van der Waals surface area (Å²) in [6.45, 7) is 1.90. The highest BCUT2D eigenvalue weighted by Gasteiger charge is 2.34. The molecule has 0 saturated carbocycles. The van der Waals surface area contributed by atoms with Crippen LogP contribution < -0.4 is 10.4 Å². The van der Waals surface area contributed by atoms with Crippen LogP contribution in [0.25, 0.3) is 17.4 Å². The number of nitrogens with one attached hydrogen (secondary N) is 1. The predicted molar refractivity (Wildman–Crippen MR) is 109 cm³/mol. The fourth-order valence-corrected chi connectivity index (χ4v) is 3.31. The average molecular weight is 413 g/mol. The maximum Gasteiger partial charge on any atom is 0.282 e. The highest BCUT2D eigenvalue weighted by atomic mass is 35.5. The van der Waals surface area contributed by atoms with E-state index in [1.165, 1.54) is 6.08 Å². The van der Waals surface area contributed by atoms with Gasteiger partial charge in [0.2, 0.25) is 0 Å². The number of halogens is 2. The number of amides is 2.